The van der Waals surface area contributed by atoms with E-state index in [0.717, 1.165) is 23.0 Å². The lowest BCUT2D eigenvalue weighted by molar-refractivity contribution is 0.112. The minimum absolute atomic E-state index is 0.711. The third kappa shape index (κ3) is 2.46. The highest BCUT2D eigenvalue weighted by atomic mass is 16.1. The van der Waals surface area contributed by atoms with E-state index in [2.05, 4.69) is 66.4 Å². The van der Waals surface area contributed by atoms with Crippen molar-refractivity contribution in [1.29, 1.82) is 0 Å². The molecule has 0 saturated heterocycles. The largest absolute Gasteiger partial charge is 0.298 e. The fourth-order valence-corrected chi connectivity index (χ4v) is 3.87. The zero-order chi connectivity index (χ0) is 18.4. The summed E-state index contributed by atoms with van der Waals surface area (Å²) >= 11 is 0. The van der Waals surface area contributed by atoms with Crippen LogP contribution >= 0.6 is 0 Å². The fourth-order valence-electron chi connectivity index (χ4n) is 3.87. The summed E-state index contributed by atoms with van der Waals surface area (Å²) in [4.78, 5) is 11.0. The number of hydrogen-bond donors (Lipinski definition) is 0. The molecule has 0 heterocycles. The molecule has 5 aromatic carbocycles. The summed E-state index contributed by atoms with van der Waals surface area (Å²) in [6.45, 7) is 1.94. The highest BCUT2D eigenvalue weighted by Gasteiger charge is 2.09. The molecule has 0 spiro atoms. The second-order valence-corrected chi connectivity index (χ2v) is 6.91. The van der Waals surface area contributed by atoms with Gasteiger partial charge in [-0.3, -0.25) is 4.79 Å². The lowest BCUT2D eigenvalue weighted by Crippen LogP contribution is -1.88. The Balaban J connectivity index is 1.73. The number of carbonyl (C=O) groups is 1. The van der Waals surface area contributed by atoms with Gasteiger partial charge in [-0.05, 0) is 63.0 Å². The SMILES string of the molecule is Cc1cc(C#Cc2ccc3ccc4cccc5ccc2c3c45)ccc1C=O. The van der Waals surface area contributed by atoms with Crippen LogP contribution in [0.1, 0.15) is 27.0 Å². The van der Waals surface area contributed by atoms with Crippen molar-refractivity contribution in [2.24, 2.45) is 0 Å². The Bertz CT molecular complexity index is 1380. The van der Waals surface area contributed by atoms with Crippen LogP contribution in [0.2, 0.25) is 0 Å². The van der Waals surface area contributed by atoms with Crippen LogP contribution < -0.4 is 0 Å². The summed E-state index contributed by atoms with van der Waals surface area (Å²) in [5.41, 5.74) is 3.61. The molecule has 0 aliphatic carbocycles. The first-order valence-electron chi connectivity index (χ1n) is 8.99. The van der Waals surface area contributed by atoms with Crippen molar-refractivity contribution in [3.8, 4) is 11.8 Å². The number of hydrogen-bond acceptors (Lipinski definition) is 1. The maximum absolute atomic E-state index is 11.0. The Kier molecular flexibility index (Phi) is 3.45. The Morgan fingerprint density at radius 3 is 2.19 bits per heavy atom. The minimum Gasteiger partial charge on any atom is -0.298 e. The smallest absolute Gasteiger partial charge is 0.150 e. The van der Waals surface area contributed by atoms with Gasteiger partial charge in [-0.15, -0.1) is 0 Å². The Morgan fingerprint density at radius 2 is 1.44 bits per heavy atom. The summed E-state index contributed by atoms with van der Waals surface area (Å²) in [5.74, 6) is 6.60. The minimum atomic E-state index is 0.711. The molecule has 0 radical (unpaired) electrons. The van der Waals surface area contributed by atoms with Gasteiger partial charge in [0, 0.05) is 16.7 Å². The molecule has 0 aliphatic rings. The van der Waals surface area contributed by atoms with Gasteiger partial charge in [-0.25, -0.2) is 0 Å². The third-order valence-corrected chi connectivity index (χ3v) is 5.27. The maximum atomic E-state index is 11.0. The van der Waals surface area contributed by atoms with Crippen molar-refractivity contribution in [1.82, 2.24) is 0 Å². The maximum Gasteiger partial charge on any atom is 0.150 e. The number of aldehydes is 1. The van der Waals surface area contributed by atoms with Crippen molar-refractivity contribution in [3.05, 3.63) is 95.1 Å². The zero-order valence-corrected chi connectivity index (χ0v) is 14.9. The summed E-state index contributed by atoms with van der Waals surface area (Å²) in [7, 11) is 0. The molecular formula is C26H16O. The standard InChI is InChI=1S/C26H16O/c1-17-15-18(6-8-23(17)16-27)5-7-19-9-10-22-12-11-20-3-2-4-21-13-14-24(19)26(22)25(20)21/h2-4,6,8-16H,1H3. The highest BCUT2D eigenvalue weighted by Crippen LogP contribution is 2.35. The summed E-state index contributed by atoms with van der Waals surface area (Å²) in [6.07, 6.45) is 0.882. The van der Waals surface area contributed by atoms with Gasteiger partial charge in [0.2, 0.25) is 0 Å². The van der Waals surface area contributed by atoms with Crippen molar-refractivity contribution < 1.29 is 4.79 Å². The van der Waals surface area contributed by atoms with E-state index in [1.807, 2.05) is 25.1 Å². The molecule has 0 saturated carbocycles. The highest BCUT2D eigenvalue weighted by molar-refractivity contribution is 6.23. The summed E-state index contributed by atoms with van der Waals surface area (Å²) < 4.78 is 0. The Labute approximate surface area is 157 Å². The molecule has 0 bridgehead atoms. The van der Waals surface area contributed by atoms with Crippen LogP contribution in [-0.2, 0) is 0 Å². The van der Waals surface area contributed by atoms with E-state index < -0.39 is 0 Å². The van der Waals surface area contributed by atoms with E-state index in [-0.39, 0.29) is 0 Å². The molecule has 5 aromatic rings. The molecule has 0 N–H and O–H groups in total. The molecule has 0 atom stereocenters. The first kappa shape index (κ1) is 15.6. The van der Waals surface area contributed by atoms with E-state index in [9.17, 15) is 4.79 Å². The van der Waals surface area contributed by atoms with Crippen molar-refractivity contribution >= 4 is 38.6 Å². The summed E-state index contributed by atoms with van der Waals surface area (Å²) in [6, 6.07) is 25.1. The number of carbonyl (C=O) groups excluding carboxylic acids is 1. The lowest BCUT2D eigenvalue weighted by atomic mass is 9.92. The fraction of sp³-hybridized carbons (Fsp3) is 0.0385. The van der Waals surface area contributed by atoms with Crippen LogP contribution in [-0.4, -0.2) is 6.29 Å². The molecule has 27 heavy (non-hydrogen) atoms. The van der Waals surface area contributed by atoms with Crippen molar-refractivity contribution in [3.63, 3.8) is 0 Å². The molecule has 0 aromatic heterocycles. The van der Waals surface area contributed by atoms with E-state index in [1.54, 1.807) is 0 Å². The third-order valence-electron chi connectivity index (χ3n) is 5.27. The molecule has 0 fully saturated rings. The first-order chi connectivity index (χ1) is 13.2. The van der Waals surface area contributed by atoms with Gasteiger partial charge in [0.25, 0.3) is 0 Å². The average molecular weight is 344 g/mol. The monoisotopic (exact) mass is 344 g/mol. The van der Waals surface area contributed by atoms with Crippen LogP contribution in [0.4, 0.5) is 0 Å². The second-order valence-electron chi connectivity index (χ2n) is 6.91. The molecule has 126 valence electrons. The molecule has 0 unspecified atom stereocenters. The van der Waals surface area contributed by atoms with E-state index >= 15 is 0 Å². The average Bonchev–Trinajstić information content (AvgIpc) is 2.71. The first-order valence-corrected chi connectivity index (χ1v) is 8.99. The number of benzene rings is 5. The van der Waals surface area contributed by atoms with E-state index in [0.29, 0.717) is 5.56 Å². The van der Waals surface area contributed by atoms with E-state index in [4.69, 9.17) is 0 Å². The van der Waals surface area contributed by atoms with E-state index in [1.165, 1.54) is 32.3 Å². The topological polar surface area (TPSA) is 17.1 Å². The van der Waals surface area contributed by atoms with Gasteiger partial charge >= 0.3 is 0 Å². The number of rotatable bonds is 1. The molecule has 1 heteroatoms. The molecule has 1 nitrogen and oxygen atoms in total. The van der Waals surface area contributed by atoms with Crippen LogP contribution in [0.3, 0.4) is 0 Å². The zero-order valence-electron chi connectivity index (χ0n) is 14.9. The van der Waals surface area contributed by atoms with Gasteiger partial charge in [0.1, 0.15) is 6.29 Å². The van der Waals surface area contributed by atoms with Gasteiger partial charge in [-0.2, -0.15) is 0 Å². The molecule has 0 aliphatic heterocycles. The molecule has 5 rings (SSSR count). The van der Waals surface area contributed by atoms with Gasteiger partial charge < -0.3 is 0 Å². The van der Waals surface area contributed by atoms with Gasteiger partial charge in [-0.1, -0.05) is 66.4 Å². The predicted octanol–water partition coefficient (Wildman–Crippen LogP) is 6.10. The van der Waals surface area contributed by atoms with Crippen molar-refractivity contribution in [2.75, 3.05) is 0 Å². The molecule has 0 amide bonds. The van der Waals surface area contributed by atoms with Gasteiger partial charge in [0.15, 0.2) is 0 Å². The van der Waals surface area contributed by atoms with Crippen LogP contribution in [0.15, 0.2) is 72.8 Å². The van der Waals surface area contributed by atoms with Crippen LogP contribution in [0.25, 0.3) is 32.3 Å². The summed E-state index contributed by atoms with van der Waals surface area (Å²) in [5, 5.41) is 7.54. The normalized spacial score (nSPS) is 11.0. The van der Waals surface area contributed by atoms with Gasteiger partial charge in [0.05, 0.1) is 0 Å². The Morgan fingerprint density at radius 1 is 0.741 bits per heavy atom. The second kappa shape index (κ2) is 5.97. The quantitative estimate of drug-likeness (QED) is 0.204. The lowest BCUT2D eigenvalue weighted by Gasteiger charge is -2.11. The van der Waals surface area contributed by atoms with Crippen molar-refractivity contribution in [2.45, 2.75) is 6.92 Å². The molecular weight excluding hydrogens is 328 g/mol. The number of aryl methyl sites for hydroxylation is 1. The Hall–Kier alpha value is -3.63. The van der Waals surface area contributed by atoms with Crippen LogP contribution in [0.5, 0.6) is 0 Å². The predicted molar refractivity (Wildman–Crippen MR) is 113 cm³/mol. The van der Waals surface area contributed by atoms with Crippen LogP contribution in [0, 0.1) is 18.8 Å².